The molecule has 1 rings (SSSR count). The highest BCUT2D eigenvalue weighted by Crippen LogP contribution is 2.39. The summed E-state index contributed by atoms with van der Waals surface area (Å²) in [4.78, 5) is 2.42. The fourth-order valence-electron chi connectivity index (χ4n) is 1.83. The Morgan fingerprint density at radius 2 is 1.56 bits per heavy atom. The molecule has 0 radical (unpaired) electrons. The molecule has 0 aromatic rings. The first-order valence-corrected chi connectivity index (χ1v) is 3.66. The molecule has 0 saturated carbocycles. The lowest BCUT2D eigenvalue weighted by Gasteiger charge is -2.16. The van der Waals surface area contributed by atoms with Gasteiger partial charge in [0.05, 0.1) is 0 Å². The quantitative estimate of drug-likeness (QED) is 0.448. The molecule has 0 aromatic heterocycles. The van der Waals surface area contributed by atoms with Crippen molar-refractivity contribution < 1.29 is 0 Å². The van der Waals surface area contributed by atoms with Gasteiger partial charge in [-0.05, 0) is 19.4 Å². The summed E-state index contributed by atoms with van der Waals surface area (Å²) in [5.41, 5.74) is 0.480. The van der Waals surface area contributed by atoms with Gasteiger partial charge >= 0.3 is 0 Å². The third kappa shape index (κ3) is 1.11. The van der Waals surface area contributed by atoms with E-state index in [1.54, 1.807) is 0 Å². The number of nitrogens with zero attached hydrogens (tertiary/aromatic N) is 1. The van der Waals surface area contributed by atoms with Crippen molar-refractivity contribution in [3.63, 3.8) is 0 Å². The maximum Gasteiger partial charge on any atom is 0.0297 e. The topological polar surface area (TPSA) is 3.01 Å². The van der Waals surface area contributed by atoms with Crippen LogP contribution in [-0.4, -0.2) is 24.0 Å². The SMILES string of the molecule is C[C@H]1[C@H](C(C)(C)C)N1C. The molecule has 1 heteroatoms. The van der Waals surface area contributed by atoms with E-state index in [2.05, 4.69) is 39.6 Å². The van der Waals surface area contributed by atoms with Gasteiger partial charge in [-0.1, -0.05) is 20.8 Å². The van der Waals surface area contributed by atoms with Crippen LogP contribution in [0.5, 0.6) is 0 Å². The third-order valence-corrected chi connectivity index (χ3v) is 2.34. The van der Waals surface area contributed by atoms with Crippen LogP contribution in [0.25, 0.3) is 0 Å². The van der Waals surface area contributed by atoms with Gasteiger partial charge in [0.15, 0.2) is 0 Å². The largest absolute Gasteiger partial charge is 0.297 e. The normalized spacial score (nSPS) is 43.0. The molecule has 0 N–H and O–H groups in total. The molecule has 1 fully saturated rings. The van der Waals surface area contributed by atoms with Crippen molar-refractivity contribution in [2.75, 3.05) is 7.05 Å². The minimum Gasteiger partial charge on any atom is -0.297 e. The average molecular weight is 127 g/mol. The van der Waals surface area contributed by atoms with Gasteiger partial charge in [0.25, 0.3) is 0 Å². The number of rotatable bonds is 0. The van der Waals surface area contributed by atoms with Crippen LogP contribution >= 0.6 is 0 Å². The van der Waals surface area contributed by atoms with E-state index in [0.717, 1.165) is 12.1 Å². The Balaban J connectivity index is 2.50. The summed E-state index contributed by atoms with van der Waals surface area (Å²) >= 11 is 0. The summed E-state index contributed by atoms with van der Waals surface area (Å²) in [6.45, 7) is 9.20. The summed E-state index contributed by atoms with van der Waals surface area (Å²) in [7, 11) is 2.20. The van der Waals surface area contributed by atoms with E-state index in [0.29, 0.717) is 5.41 Å². The second kappa shape index (κ2) is 1.72. The molecule has 3 atom stereocenters. The van der Waals surface area contributed by atoms with Crippen LogP contribution in [0.4, 0.5) is 0 Å². The Bertz CT molecular complexity index is 104. The number of likely N-dealkylation sites (N-methyl/N-ethyl adjacent to an activating group) is 1. The molecular formula is C8H17N. The fourth-order valence-corrected chi connectivity index (χ4v) is 1.83. The van der Waals surface area contributed by atoms with E-state index < -0.39 is 0 Å². The second-order valence-corrected chi connectivity index (χ2v) is 4.22. The zero-order chi connectivity index (χ0) is 7.23. The van der Waals surface area contributed by atoms with Crippen LogP contribution in [0, 0.1) is 5.41 Å². The molecule has 1 aliphatic heterocycles. The van der Waals surface area contributed by atoms with Gasteiger partial charge in [-0.25, -0.2) is 0 Å². The lowest BCUT2D eigenvalue weighted by Crippen LogP contribution is -2.17. The molecule has 1 heterocycles. The minimum atomic E-state index is 0.480. The molecule has 9 heavy (non-hydrogen) atoms. The molecule has 0 aromatic carbocycles. The van der Waals surface area contributed by atoms with Gasteiger partial charge in [-0.15, -0.1) is 0 Å². The molecule has 0 spiro atoms. The highest BCUT2D eigenvalue weighted by Gasteiger charge is 2.47. The molecule has 54 valence electrons. The monoisotopic (exact) mass is 127 g/mol. The van der Waals surface area contributed by atoms with E-state index in [1.165, 1.54) is 0 Å². The predicted octanol–water partition coefficient (Wildman–Crippen LogP) is 1.74. The molecule has 1 unspecified atom stereocenters. The third-order valence-electron chi connectivity index (χ3n) is 2.34. The minimum absolute atomic E-state index is 0.480. The van der Waals surface area contributed by atoms with E-state index in [4.69, 9.17) is 0 Å². The summed E-state index contributed by atoms with van der Waals surface area (Å²) in [5.74, 6) is 0. The summed E-state index contributed by atoms with van der Waals surface area (Å²) < 4.78 is 0. The second-order valence-electron chi connectivity index (χ2n) is 4.22. The smallest absolute Gasteiger partial charge is 0.0297 e. The zero-order valence-electron chi connectivity index (χ0n) is 7.10. The lowest BCUT2D eigenvalue weighted by molar-refractivity contribution is 0.350. The van der Waals surface area contributed by atoms with Crippen molar-refractivity contribution in [1.29, 1.82) is 0 Å². The average Bonchev–Trinajstić information content (AvgIpc) is 2.11. The predicted molar refractivity (Wildman–Crippen MR) is 40.5 cm³/mol. The first kappa shape index (κ1) is 7.07. The molecule has 0 aliphatic carbocycles. The highest BCUT2D eigenvalue weighted by atomic mass is 15.3. The van der Waals surface area contributed by atoms with Crippen molar-refractivity contribution >= 4 is 0 Å². The number of hydrogen-bond acceptors (Lipinski definition) is 1. The summed E-state index contributed by atoms with van der Waals surface area (Å²) in [5, 5.41) is 0. The van der Waals surface area contributed by atoms with Gasteiger partial charge in [0, 0.05) is 12.1 Å². The van der Waals surface area contributed by atoms with Crippen molar-refractivity contribution in [3.8, 4) is 0 Å². The van der Waals surface area contributed by atoms with Crippen LogP contribution in [-0.2, 0) is 0 Å². The van der Waals surface area contributed by atoms with Crippen LogP contribution in [0.2, 0.25) is 0 Å². The van der Waals surface area contributed by atoms with Crippen molar-refractivity contribution in [2.24, 2.45) is 5.41 Å². The van der Waals surface area contributed by atoms with Gasteiger partial charge in [0.2, 0.25) is 0 Å². The molecule has 0 amide bonds. The summed E-state index contributed by atoms with van der Waals surface area (Å²) in [6, 6.07) is 1.63. The molecule has 0 bridgehead atoms. The Hall–Kier alpha value is -0.0400. The first-order chi connectivity index (χ1) is 3.94. The fraction of sp³-hybridized carbons (Fsp3) is 1.00. The maximum absolute atomic E-state index is 2.42. The lowest BCUT2D eigenvalue weighted by atomic mass is 9.90. The standard InChI is InChI=1S/C8H17N/c1-6-7(9(6)5)8(2,3)4/h6-7H,1-5H3/t6-,7+,9?/m0/s1. The van der Waals surface area contributed by atoms with Crippen LogP contribution in [0.1, 0.15) is 27.7 Å². The zero-order valence-corrected chi connectivity index (χ0v) is 7.10. The first-order valence-electron chi connectivity index (χ1n) is 3.66. The van der Waals surface area contributed by atoms with Crippen LogP contribution in [0.3, 0.4) is 0 Å². The summed E-state index contributed by atoms with van der Waals surface area (Å²) in [6.07, 6.45) is 0. The Morgan fingerprint density at radius 3 is 1.56 bits per heavy atom. The Morgan fingerprint density at radius 1 is 1.22 bits per heavy atom. The van der Waals surface area contributed by atoms with E-state index in [1.807, 2.05) is 0 Å². The highest BCUT2D eigenvalue weighted by molar-refractivity contribution is 5.03. The Kier molecular flexibility index (Phi) is 1.35. The Labute approximate surface area is 58.0 Å². The maximum atomic E-state index is 2.42. The van der Waals surface area contributed by atoms with Crippen molar-refractivity contribution in [1.82, 2.24) is 4.90 Å². The van der Waals surface area contributed by atoms with Crippen molar-refractivity contribution in [3.05, 3.63) is 0 Å². The van der Waals surface area contributed by atoms with Crippen LogP contribution in [0.15, 0.2) is 0 Å². The van der Waals surface area contributed by atoms with Gasteiger partial charge in [0.1, 0.15) is 0 Å². The van der Waals surface area contributed by atoms with E-state index in [9.17, 15) is 0 Å². The van der Waals surface area contributed by atoms with Gasteiger partial charge in [-0.3, -0.25) is 4.90 Å². The molecule has 1 aliphatic rings. The number of hydrogen-bond donors (Lipinski definition) is 0. The van der Waals surface area contributed by atoms with E-state index in [-0.39, 0.29) is 0 Å². The molecule has 1 nitrogen and oxygen atoms in total. The molecule has 1 saturated heterocycles. The van der Waals surface area contributed by atoms with Gasteiger partial charge in [-0.2, -0.15) is 0 Å². The van der Waals surface area contributed by atoms with Crippen molar-refractivity contribution in [2.45, 2.75) is 39.8 Å². The molecular weight excluding hydrogens is 110 g/mol. The van der Waals surface area contributed by atoms with Gasteiger partial charge < -0.3 is 0 Å². The van der Waals surface area contributed by atoms with Crippen LogP contribution < -0.4 is 0 Å². The van der Waals surface area contributed by atoms with E-state index >= 15 is 0 Å².